The van der Waals surface area contributed by atoms with E-state index in [1.54, 1.807) is 0 Å². The lowest BCUT2D eigenvalue weighted by molar-refractivity contribution is 0.0950. The Bertz CT molecular complexity index is 797. The molecule has 0 atom stereocenters. The van der Waals surface area contributed by atoms with Gasteiger partial charge in [0.15, 0.2) is 5.69 Å². The molecule has 0 saturated carbocycles. The van der Waals surface area contributed by atoms with Crippen LogP contribution in [0.3, 0.4) is 0 Å². The average molecular weight is 388 g/mol. The molecule has 1 saturated heterocycles. The molecule has 144 valence electrons. The first-order chi connectivity index (χ1) is 13.1. The Hall–Kier alpha value is -2.61. The van der Waals surface area contributed by atoms with Gasteiger partial charge in [-0.1, -0.05) is 12.1 Å². The number of hydrogen-bond donors (Lipinski definition) is 3. The topological polar surface area (TPSA) is 100 Å². The number of carbonyl (C=O) groups excluding carboxylic acids is 2. The molecule has 0 bridgehead atoms. The molecule has 0 unspecified atom stereocenters. The number of piperidine rings is 1. The van der Waals surface area contributed by atoms with Gasteiger partial charge in [-0.15, -0.1) is 0 Å². The summed E-state index contributed by atoms with van der Waals surface area (Å²) in [5, 5.41) is 5.48. The lowest BCUT2D eigenvalue weighted by Gasteiger charge is -2.28. The van der Waals surface area contributed by atoms with E-state index >= 15 is 0 Å². The Morgan fingerprint density at radius 1 is 1.11 bits per heavy atom. The van der Waals surface area contributed by atoms with Gasteiger partial charge in [0.1, 0.15) is 4.88 Å². The number of nitrogens with two attached hydrogens (primary N) is 1. The van der Waals surface area contributed by atoms with Crippen molar-refractivity contribution >= 4 is 34.7 Å². The highest BCUT2D eigenvalue weighted by atomic mass is 32.1. The molecule has 27 heavy (non-hydrogen) atoms. The van der Waals surface area contributed by atoms with E-state index in [1.807, 2.05) is 19.1 Å². The van der Waals surface area contributed by atoms with Crippen molar-refractivity contribution in [1.29, 1.82) is 0 Å². The summed E-state index contributed by atoms with van der Waals surface area (Å²) in [5.74, 6) is -0.681. The van der Waals surface area contributed by atoms with Gasteiger partial charge in [-0.05, 0) is 55.4 Å². The summed E-state index contributed by atoms with van der Waals surface area (Å²) in [6.07, 6.45) is 3.79. The van der Waals surface area contributed by atoms with Crippen LogP contribution in [-0.2, 0) is 6.54 Å². The Kier molecular flexibility index (Phi) is 6.28. The van der Waals surface area contributed by atoms with Crippen molar-refractivity contribution in [3.63, 3.8) is 0 Å². The summed E-state index contributed by atoms with van der Waals surface area (Å²) < 4.78 is 4.01. The van der Waals surface area contributed by atoms with E-state index in [-0.39, 0.29) is 28.1 Å². The fraction of sp³-hybridized carbons (Fsp3) is 0.421. The van der Waals surface area contributed by atoms with Gasteiger partial charge in [0.25, 0.3) is 11.8 Å². The van der Waals surface area contributed by atoms with Crippen LogP contribution in [0.5, 0.6) is 0 Å². The Morgan fingerprint density at radius 3 is 2.48 bits per heavy atom. The summed E-state index contributed by atoms with van der Waals surface area (Å²) >= 11 is 0.940. The lowest BCUT2D eigenvalue weighted by Crippen LogP contribution is -2.29. The molecule has 2 aromatic rings. The summed E-state index contributed by atoms with van der Waals surface area (Å²) in [4.78, 5) is 26.9. The van der Waals surface area contributed by atoms with Crippen LogP contribution < -0.4 is 21.3 Å². The van der Waals surface area contributed by atoms with Crippen LogP contribution in [0.25, 0.3) is 0 Å². The first-order valence-corrected chi connectivity index (χ1v) is 10.0. The normalized spacial score (nSPS) is 14.0. The molecule has 0 radical (unpaired) electrons. The van der Waals surface area contributed by atoms with Gasteiger partial charge in [-0.25, -0.2) is 0 Å². The molecule has 2 amide bonds. The highest BCUT2D eigenvalue weighted by Gasteiger charge is 2.21. The lowest BCUT2D eigenvalue weighted by atomic mass is 10.1. The summed E-state index contributed by atoms with van der Waals surface area (Å²) in [6.45, 7) is 4.89. The van der Waals surface area contributed by atoms with Crippen molar-refractivity contribution in [1.82, 2.24) is 15.0 Å². The molecule has 1 aliphatic heterocycles. The molecular weight excluding hydrogens is 362 g/mol. The van der Waals surface area contributed by atoms with Crippen LogP contribution in [0.15, 0.2) is 24.3 Å². The number of hydrogen-bond acceptors (Lipinski definition) is 6. The van der Waals surface area contributed by atoms with Crippen molar-refractivity contribution in [3.8, 4) is 0 Å². The van der Waals surface area contributed by atoms with Crippen LogP contribution in [0.4, 0.5) is 11.4 Å². The average Bonchev–Trinajstić information content (AvgIpc) is 3.09. The first kappa shape index (κ1) is 19.2. The summed E-state index contributed by atoms with van der Waals surface area (Å²) in [5.41, 5.74) is 8.40. The quantitative estimate of drug-likeness (QED) is 0.707. The number of nitrogens with one attached hydrogen (secondary N) is 2. The van der Waals surface area contributed by atoms with E-state index < -0.39 is 0 Å². The maximum absolute atomic E-state index is 12.4. The number of benzene rings is 1. The highest BCUT2D eigenvalue weighted by molar-refractivity contribution is 7.09. The van der Waals surface area contributed by atoms with E-state index in [0.717, 1.165) is 30.2 Å². The standard InChI is InChI=1S/C19H25N5O2S/c1-2-21-18(25)16-15(20)17(27-23-16)19(26)22-12-13-6-8-14(9-7-13)24-10-4-3-5-11-24/h6-9H,2-5,10-12,20H2,1H3,(H,21,25)(H,22,26). The van der Waals surface area contributed by atoms with Crippen molar-refractivity contribution < 1.29 is 9.59 Å². The summed E-state index contributed by atoms with van der Waals surface area (Å²) in [6, 6.07) is 8.25. The molecule has 1 fully saturated rings. The van der Waals surface area contributed by atoms with E-state index in [1.165, 1.54) is 24.9 Å². The van der Waals surface area contributed by atoms with Gasteiger partial charge in [0.05, 0.1) is 5.69 Å². The molecule has 7 nitrogen and oxygen atoms in total. The number of anilines is 2. The number of amides is 2. The van der Waals surface area contributed by atoms with Gasteiger partial charge in [0.2, 0.25) is 0 Å². The molecule has 4 N–H and O–H groups in total. The van der Waals surface area contributed by atoms with Crippen molar-refractivity contribution in [2.75, 3.05) is 30.3 Å². The van der Waals surface area contributed by atoms with E-state index in [2.05, 4.69) is 32.0 Å². The van der Waals surface area contributed by atoms with Crippen molar-refractivity contribution in [3.05, 3.63) is 40.4 Å². The van der Waals surface area contributed by atoms with Gasteiger partial charge < -0.3 is 21.3 Å². The van der Waals surface area contributed by atoms with Gasteiger partial charge >= 0.3 is 0 Å². The molecule has 3 rings (SSSR count). The second-order valence-corrected chi connectivity index (χ2v) is 7.30. The van der Waals surface area contributed by atoms with Crippen LogP contribution in [0, 0.1) is 0 Å². The zero-order valence-corrected chi connectivity index (χ0v) is 16.3. The Balaban J connectivity index is 1.58. The largest absolute Gasteiger partial charge is 0.395 e. The van der Waals surface area contributed by atoms with E-state index in [4.69, 9.17) is 5.73 Å². The second-order valence-electron chi connectivity index (χ2n) is 6.53. The number of nitrogens with zero attached hydrogens (tertiary/aromatic N) is 2. The van der Waals surface area contributed by atoms with Crippen LogP contribution >= 0.6 is 11.5 Å². The fourth-order valence-electron chi connectivity index (χ4n) is 3.11. The zero-order chi connectivity index (χ0) is 19.2. The molecule has 2 heterocycles. The molecule has 0 aliphatic carbocycles. The number of carbonyl (C=O) groups is 2. The minimum atomic E-state index is -0.362. The second kappa shape index (κ2) is 8.85. The molecule has 1 aromatic heterocycles. The minimum Gasteiger partial charge on any atom is -0.395 e. The SMILES string of the molecule is CCNC(=O)c1nsc(C(=O)NCc2ccc(N3CCCCC3)cc2)c1N. The number of rotatable bonds is 6. The smallest absolute Gasteiger partial charge is 0.273 e. The fourth-order valence-corrected chi connectivity index (χ4v) is 3.82. The van der Waals surface area contributed by atoms with E-state index in [9.17, 15) is 9.59 Å². The number of nitrogen functional groups attached to an aromatic ring is 1. The van der Waals surface area contributed by atoms with Crippen molar-refractivity contribution in [2.24, 2.45) is 0 Å². The third-order valence-corrected chi connectivity index (χ3v) is 5.46. The predicted octanol–water partition coefficient (Wildman–Crippen LogP) is 2.40. The molecule has 8 heteroatoms. The molecular formula is C19H25N5O2S. The Morgan fingerprint density at radius 2 is 1.81 bits per heavy atom. The predicted molar refractivity (Wildman–Crippen MR) is 108 cm³/mol. The van der Waals surface area contributed by atoms with E-state index in [0.29, 0.717) is 13.1 Å². The Labute approximate surface area is 163 Å². The minimum absolute atomic E-state index is 0.109. The maximum Gasteiger partial charge on any atom is 0.273 e. The summed E-state index contributed by atoms with van der Waals surface area (Å²) in [7, 11) is 0. The monoisotopic (exact) mass is 387 g/mol. The zero-order valence-electron chi connectivity index (χ0n) is 15.5. The first-order valence-electron chi connectivity index (χ1n) is 9.25. The van der Waals surface area contributed by atoms with Crippen LogP contribution in [0.1, 0.15) is 51.9 Å². The third kappa shape index (κ3) is 4.57. The van der Waals surface area contributed by atoms with Gasteiger partial charge in [0, 0.05) is 31.9 Å². The maximum atomic E-state index is 12.4. The molecule has 1 aromatic carbocycles. The number of aromatic nitrogens is 1. The highest BCUT2D eigenvalue weighted by Crippen LogP contribution is 2.22. The third-order valence-electron chi connectivity index (χ3n) is 4.60. The molecule has 0 spiro atoms. The van der Waals surface area contributed by atoms with Crippen LogP contribution in [0.2, 0.25) is 0 Å². The van der Waals surface area contributed by atoms with Gasteiger partial charge in [-0.3, -0.25) is 9.59 Å². The van der Waals surface area contributed by atoms with Crippen molar-refractivity contribution in [2.45, 2.75) is 32.7 Å². The van der Waals surface area contributed by atoms with Gasteiger partial charge in [-0.2, -0.15) is 4.37 Å². The molecule has 1 aliphatic rings. The van der Waals surface area contributed by atoms with Crippen LogP contribution in [-0.4, -0.2) is 35.8 Å².